The van der Waals surface area contributed by atoms with Crippen molar-refractivity contribution in [1.29, 1.82) is 0 Å². The van der Waals surface area contributed by atoms with Crippen molar-refractivity contribution in [3.05, 3.63) is 42.0 Å². The monoisotopic (exact) mass is 221 g/mol. The summed E-state index contributed by atoms with van der Waals surface area (Å²) in [7, 11) is 1.82. The molecule has 0 unspecified atom stereocenters. The van der Waals surface area contributed by atoms with E-state index in [-0.39, 0.29) is 5.75 Å². The average molecular weight is 221 g/mol. The lowest BCUT2D eigenvalue weighted by molar-refractivity contribution is 0.468. The van der Waals surface area contributed by atoms with E-state index < -0.39 is 5.82 Å². The molecule has 2 N–H and O–H groups in total. The first-order valence-corrected chi connectivity index (χ1v) is 4.84. The maximum Gasteiger partial charge on any atom is 0.127 e. The SMILES string of the molecule is Cn1cc(NCc2cc(O)cc(F)c2)cn1. The van der Waals surface area contributed by atoms with E-state index in [2.05, 4.69) is 10.4 Å². The lowest BCUT2D eigenvalue weighted by Crippen LogP contribution is -1.98. The number of benzene rings is 1. The molecule has 0 aliphatic carbocycles. The summed E-state index contributed by atoms with van der Waals surface area (Å²) < 4.78 is 14.6. The molecule has 0 bridgehead atoms. The van der Waals surface area contributed by atoms with Crippen LogP contribution in [0.2, 0.25) is 0 Å². The quantitative estimate of drug-likeness (QED) is 0.832. The molecule has 1 aromatic carbocycles. The van der Waals surface area contributed by atoms with E-state index >= 15 is 0 Å². The van der Waals surface area contributed by atoms with Crippen LogP contribution in [0.5, 0.6) is 5.75 Å². The highest BCUT2D eigenvalue weighted by atomic mass is 19.1. The molecule has 5 heteroatoms. The van der Waals surface area contributed by atoms with Crippen molar-refractivity contribution in [3.63, 3.8) is 0 Å². The Morgan fingerprint density at radius 2 is 2.25 bits per heavy atom. The average Bonchev–Trinajstić information content (AvgIpc) is 2.60. The number of halogens is 1. The van der Waals surface area contributed by atoms with Crippen LogP contribution in [0.25, 0.3) is 0 Å². The molecule has 0 aliphatic heterocycles. The number of phenolic OH excluding ortho intramolecular Hbond substituents is 1. The number of aromatic hydroxyl groups is 1. The van der Waals surface area contributed by atoms with Crippen LogP contribution < -0.4 is 5.32 Å². The summed E-state index contributed by atoms with van der Waals surface area (Å²) in [5.74, 6) is -0.508. The van der Waals surface area contributed by atoms with Crippen molar-refractivity contribution in [3.8, 4) is 5.75 Å². The number of hydrogen-bond donors (Lipinski definition) is 2. The first kappa shape index (κ1) is 10.5. The van der Waals surface area contributed by atoms with Gasteiger partial charge in [0.05, 0.1) is 11.9 Å². The van der Waals surface area contributed by atoms with Gasteiger partial charge in [0.15, 0.2) is 0 Å². The third-order valence-electron chi connectivity index (χ3n) is 2.14. The van der Waals surface area contributed by atoms with Crippen molar-refractivity contribution in [2.45, 2.75) is 6.54 Å². The zero-order valence-corrected chi connectivity index (χ0v) is 8.81. The largest absolute Gasteiger partial charge is 0.508 e. The standard InChI is InChI=1S/C11H12FN3O/c1-15-7-10(6-14-15)13-5-8-2-9(12)4-11(16)3-8/h2-4,6-7,13,16H,5H2,1H3. The number of aromatic nitrogens is 2. The van der Waals surface area contributed by atoms with Crippen LogP contribution in [-0.4, -0.2) is 14.9 Å². The highest BCUT2D eigenvalue weighted by Gasteiger charge is 2.00. The molecule has 4 nitrogen and oxygen atoms in total. The van der Waals surface area contributed by atoms with E-state index in [1.54, 1.807) is 10.9 Å². The predicted molar refractivity (Wildman–Crippen MR) is 58.6 cm³/mol. The first-order valence-electron chi connectivity index (χ1n) is 4.84. The van der Waals surface area contributed by atoms with Crippen molar-refractivity contribution in [2.24, 2.45) is 7.05 Å². The number of rotatable bonds is 3. The number of nitrogens with zero attached hydrogens (tertiary/aromatic N) is 2. The lowest BCUT2D eigenvalue weighted by atomic mass is 10.2. The Labute approximate surface area is 92.3 Å². The Morgan fingerprint density at radius 1 is 1.44 bits per heavy atom. The van der Waals surface area contributed by atoms with Crippen molar-refractivity contribution >= 4 is 5.69 Å². The van der Waals surface area contributed by atoms with E-state index in [1.165, 1.54) is 12.1 Å². The third-order valence-corrected chi connectivity index (χ3v) is 2.14. The van der Waals surface area contributed by atoms with Crippen molar-refractivity contribution in [1.82, 2.24) is 9.78 Å². The Kier molecular flexibility index (Phi) is 2.76. The van der Waals surface area contributed by atoms with Crippen LogP contribution in [-0.2, 0) is 13.6 Å². The van der Waals surface area contributed by atoms with Crippen LogP contribution in [0.3, 0.4) is 0 Å². The zero-order valence-electron chi connectivity index (χ0n) is 8.81. The van der Waals surface area contributed by atoms with E-state index in [1.807, 2.05) is 13.2 Å². The molecule has 0 atom stereocenters. The maximum absolute atomic E-state index is 13.0. The minimum Gasteiger partial charge on any atom is -0.508 e. The molecule has 2 rings (SSSR count). The molecular weight excluding hydrogens is 209 g/mol. The molecule has 0 spiro atoms. The normalized spacial score (nSPS) is 10.4. The van der Waals surface area contributed by atoms with Gasteiger partial charge >= 0.3 is 0 Å². The molecule has 1 heterocycles. The van der Waals surface area contributed by atoms with Crippen LogP contribution in [0.4, 0.5) is 10.1 Å². The number of anilines is 1. The minimum atomic E-state index is -0.442. The van der Waals surface area contributed by atoms with Gasteiger partial charge in [0, 0.05) is 25.9 Å². The summed E-state index contributed by atoms with van der Waals surface area (Å²) in [5, 5.41) is 16.3. The second-order valence-electron chi connectivity index (χ2n) is 3.57. The summed E-state index contributed by atoms with van der Waals surface area (Å²) in [6.07, 6.45) is 3.50. The van der Waals surface area contributed by atoms with Crippen molar-refractivity contribution < 1.29 is 9.50 Å². The molecule has 0 amide bonds. The maximum atomic E-state index is 13.0. The summed E-state index contributed by atoms with van der Waals surface area (Å²) in [4.78, 5) is 0. The van der Waals surface area contributed by atoms with Gasteiger partial charge in [-0.15, -0.1) is 0 Å². The van der Waals surface area contributed by atoms with E-state index in [9.17, 15) is 9.50 Å². The number of hydrogen-bond acceptors (Lipinski definition) is 3. The molecule has 84 valence electrons. The molecule has 0 saturated heterocycles. The highest BCUT2D eigenvalue weighted by Crippen LogP contribution is 2.15. The number of phenols is 1. The summed E-state index contributed by atoms with van der Waals surface area (Å²) in [6.45, 7) is 0.441. The Bertz CT molecular complexity index is 475. The molecule has 0 radical (unpaired) electrons. The first-order chi connectivity index (χ1) is 7.63. The van der Waals surface area contributed by atoms with Crippen LogP contribution in [0.1, 0.15) is 5.56 Å². The van der Waals surface area contributed by atoms with Gasteiger partial charge in [-0.05, 0) is 17.7 Å². The van der Waals surface area contributed by atoms with E-state index in [0.717, 1.165) is 11.8 Å². The summed E-state index contributed by atoms with van der Waals surface area (Å²) in [5.41, 5.74) is 1.53. The Balaban J connectivity index is 2.04. The second kappa shape index (κ2) is 4.22. The van der Waals surface area contributed by atoms with E-state index in [4.69, 9.17) is 0 Å². The molecule has 0 aliphatic rings. The fraction of sp³-hybridized carbons (Fsp3) is 0.182. The number of aryl methyl sites for hydroxylation is 1. The van der Waals surface area contributed by atoms with Gasteiger partial charge in [-0.1, -0.05) is 0 Å². The Hall–Kier alpha value is -2.04. The van der Waals surface area contributed by atoms with Crippen LogP contribution in [0.15, 0.2) is 30.6 Å². The molecule has 0 fully saturated rings. The fourth-order valence-corrected chi connectivity index (χ4v) is 1.45. The summed E-state index contributed by atoms with van der Waals surface area (Å²) in [6, 6.07) is 3.98. The van der Waals surface area contributed by atoms with Crippen LogP contribution >= 0.6 is 0 Å². The second-order valence-corrected chi connectivity index (χ2v) is 3.57. The van der Waals surface area contributed by atoms with Gasteiger partial charge in [-0.2, -0.15) is 5.10 Å². The zero-order chi connectivity index (χ0) is 11.5. The van der Waals surface area contributed by atoms with Gasteiger partial charge in [0.1, 0.15) is 11.6 Å². The topological polar surface area (TPSA) is 50.1 Å². The molecular formula is C11H12FN3O. The smallest absolute Gasteiger partial charge is 0.127 e. The predicted octanol–water partition coefficient (Wildman–Crippen LogP) is 1.88. The molecule has 16 heavy (non-hydrogen) atoms. The van der Waals surface area contributed by atoms with E-state index in [0.29, 0.717) is 12.1 Å². The minimum absolute atomic E-state index is 0.0667. The van der Waals surface area contributed by atoms with Gasteiger partial charge < -0.3 is 10.4 Å². The Morgan fingerprint density at radius 3 is 2.88 bits per heavy atom. The molecule has 2 aromatic rings. The van der Waals surface area contributed by atoms with Gasteiger partial charge in [-0.3, -0.25) is 4.68 Å². The number of nitrogens with one attached hydrogen (secondary N) is 1. The molecule has 0 saturated carbocycles. The van der Waals surface area contributed by atoms with Crippen molar-refractivity contribution in [2.75, 3.05) is 5.32 Å². The van der Waals surface area contributed by atoms with Gasteiger partial charge in [-0.25, -0.2) is 4.39 Å². The van der Waals surface area contributed by atoms with Gasteiger partial charge in [0.25, 0.3) is 0 Å². The molecule has 1 aromatic heterocycles. The fourth-order valence-electron chi connectivity index (χ4n) is 1.45. The lowest BCUT2D eigenvalue weighted by Gasteiger charge is -2.04. The highest BCUT2D eigenvalue weighted by molar-refractivity contribution is 5.40. The van der Waals surface area contributed by atoms with Gasteiger partial charge in [0.2, 0.25) is 0 Å². The van der Waals surface area contributed by atoms with Crippen LogP contribution in [0, 0.1) is 5.82 Å². The summed E-state index contributed by atoms with van der Waals surface area (Å²) >= 11 is 0. The third kappa shape index (κ3) is 2.50.